The Kier molecular flexibility index (Phi) is 7.24. The van der Waals surface area contributed by atoms with Gasteiger partial charge < -0.3 is 14.4 Å². The van der Waals surface area contributed by atoms with Gasteiger partial charge >= 0.3 is 12.1 Å². The molecule has 2 aliphatic rings. The molecule has 2 saturated heterocycles. The molecule has 0 aliphatic carbocycles. The van der Waals surface area contributed by atoms with Gasteiger partial charge in [-0.3, -0.25) is 9.69 Å². The van der Waals surface area contributed by atoms with Crippen LogP contribution in [-0.2, 0) is 19.1 Å². The monoisotopic (exact) mass is 516 g/mol. The number of hydrogen-bond acceptors (Lipinski definition) is 5. The van der Waals surface area contributed by atoms with Gasteiger partial charge in [-0.1, -0.05) is 72.8 Å². The third kappa shape index (κ3) is 4.40. The number of amides is 2. The van der Waals surface area contributed by atoms with Crippen LogP contribution in [0.1, 0.15) is 63.7 Å². The van der Waals surface area contributed by atoms with Crippen molar-refractivity contribution < 1.29 is 23.9 Å². The van der Waals surface area contributed by atoms with Crippen LogP contribution in [0, 0.1) is 0 Å². The van der Waals surface area contributed by atoms with Crippen LogP contribution in [0.3, 0.4) is 0 Å². The highest BCUT2D eigenvalue weighted by Crippen LogP contribution is 2.56. The second-order valence-electron chi connectivity index (χ2n) is 11.0. The summed E-state index contributed by atoms with van der Waals surface area (Å²) < 4.78 is 11.4. The van der Waals surface area contributed by atoms with E-state index in [-0.39, 0.29) is 25.4 Å². The number of hydrogen-bond donors (Lipinski definition) is 0. The van der Waals surface area contributed by atoms with E-state index >= 15 is 0 Å². The zero-order chi connectivity index (χ0) is 27.7. The van der Waals surface area contributed by atoms with Gasteiger partial charge in [0.15, 0.2) is 5.54 Å². The predicted octanol–water partition coefficient (Wildman–Crippen LogP) is 5.75. The molecule has 0 bridgehead atoms. The summed E-state index contributed by atoms with van der Waals surface area (Å²) in [7, 11) is 0. The third-order valence-electron chi connectivity index (χ3n) is 7.27. The molecular formula is C31H36N2O5. The molecule has 2 aliphatic heterocycles. The van der Waals surface area contributed by atoms with Crippen LogP contribution in [0.25, 0.3) is 0 Å². The summed E-state index contributed by atoms with van der Waals surface area (Å²) in [5.41, 5.74) is -1.81. The van der Waals surface area contributed by atoms with Crippen LogP contribution in [0.2, 0.25) is 0 Å². The van der Waals surface area contributed by atoms with E-state index in [0.29, 0.717) is 0 Å². The molecule has 0 radical (unpaired) electrons. The van der Waals surface area contributed by atoms with E-state index in [1.54, 1.807) is 49.6 Å². The molecule has 7 nitrogen and oxygen atoms in total. The number of carbonyl (C=O) groups excluding carboxylic acids is 3. The molecule has 200 valence electrons. The van der Waals surface area contributed by atoms with Crippen molar-refractivity contribution >= 4 is 18.0 Å². The van der Waals surface area contributed by atoms with Crippen LogP contribution in [0.5, 0.6) is 0 Å². The Balaban J connectivity index is 1.91. The van der Waals surface area contributed by atoms with Crippen LogP contribution in [0.4, 0.5) is 4.79 Å². The maximum Gasteiger partial charge on any atom is 0.411 e. The van der Waals surface area contributed by atoms with Gasteiger partial charge in [0.05, 0.1) is 12.1 Å². The second kappa shape index (κ2) is 10.1. The van der Waals surface area contributed by atoms with E-state index in [2.05, 4.69) is 13.2 Å². The zero-order valence-electron chi connectivity index (χ0n) is 22.6. The number of benzene rings is 2. The molecule has 2 fully saturated rings. The van der Waals surface area contributed by atoms with E-state index in [1.807, 2.05) is 60.7 Å². The summed E-state index contributed by atoms with van der Waals surface area (Å²) in [4.78, 5) is 44.7. The largest absolute Gasteiger partial charge is 0.458 e. The zero-order valence-corrected chi connectivity index (χ0v) is 22.6. The first-order chi connectivity index (χ1) is 18.0. The SMILES string of the molecule is C=CC[C@@](C)(C(=O)OC(C)(C)C)N1C(=O)[C@](CC=C)(N2C(=O)OC[C@@H]2c2ccccc2)[C@H]1c1ccccc1. The van der Waals surface area contributed by atoms with Gasteiger partial charge in [-0.2, -0.15) is 0 Å². The molecule has 0 unspecified atom stereocenters. The van der Waals surface area contributed by atoms with Crippen LogP contribution in [0.15, 0.2) is 86.0 Å². The first-order valence-electron chi connectivity index (χ1n) is 12.9. The molecule has 2 heterocycles. The summed E-state index contributed by atoms with van der Waals surface area (Å²) >= 11 is 0. The Labute approximate surface area is 224 Å². The van der Waals surface area contributed by atoms with Gasteiger partial charge in [-0.05, 0) is 51.7 Å². The molecule has 2 aromatic rings. The van der Waals surface area contributed by atoms with Crippen molar-refractivity contribution in [2.24, 2.45) is 0 Å². The number of esters is 1. The van der Waals surface area contributed by atoms with Crippen LogP contribution >= 0.6 is 0 Å². The molecule has 0 spiro atoms. The third-order valence-corrected chi connectivity index (χ3v) is 7.27. The van der Waals surface area contributed by atoms with Gasteiger partial charge in [0.2, 0.25) is 0 Å². The lowest BCUT2D eigenvalue weighted by Gasteiger charge is -2.63. The van der Waals surface area contributed by atoms with Crippen molar-refractivity contribution in [1.82, 2.24) is 9.80 Å². The quantitative estimate of drug-likeness (QED) is 0.241. The predicted molar refractivity (Wildman–Crippen MR) is 145 cm³/mol. The van der Waals surface area contributed by atoms with Gasteiger partial charge in [0.25, 0.3) is 5.91 Å². The standard InChI is InChI=1S/C31H36N2O5/c1-7-19-30(6,27(35)38-29(3,4)5)33-25(23-17-13-10-14-18-23)31(20-8-2,26(33)34)32-24(21-37-28(32)36)22-15-11-9-12-16-22/h7-18,24-25H,1-2,19-21H2,3-6H3/t24-,25-,30+,31-/m1/s1. The summed E-state index contributed by atoms with van der Waals surface area (Å²) in [6, 6.07) is 17.8. The Morgan fingerprint density at radius 2 is 1.58 bits per heavy atom. The minimum atomic E-state index is -1.36. The summed E-state index contributed by atoms with van der Waals surface area (Å²) in [6.07, 6.45) is 3.05. The fraction of sp³-hybridized carbons (Fsp3) is 0.387. The van der Waals surface area contributed by atoms with E-state index in [0.717, 1.165) is 11.1 Å². The number of β-lactam (4-membered cyclic amide) rings is 1. The number of likely N-dealkylation sites (tertiary alicyclic amines) is 1. The molecular weight excluding hydrogens is 480 g/mol. The van der Waals surface area contributed by atoms with Gasteiger partial charge in [-0.25, -0.2) is 9.59 Å². The van der Waals surface area contributed by atoms with Gasteiger partial charge in [0.1, 0.15) is 17.7 Å². The fourth-order valence-electron chi connectivity index (χ4n) is 5.64. The van der Waals surface area contributed by atoms with Gasteiger partial charge in [0, 0.05) is 0 Å². The van der Waals surface area contributed by atoms with Crippen LogP contribution < -0.4 is 0 Å². The number of rotatable bonds is 9. The van der Waals surface area contributed by atoms with E-state index in [9.17, 15) is 14.4 Å². The van der Waals surface area contributed by atoms with E-state index < -0.39 is 40.8 Å². The summed E-state index contributed by atoms with van der Waals surface area (Å²) in [5, 5.41) is 0. The molecule has 7 heteroatoms. The van der Waals surface area contributed by atoms with E-state index in [4.69, 9.17) is 9.47 Å². The minimum Gasteiger partial charge on any atom is -0.458 e. The Bertz CT molecular complexity index is 1220. The molecule has 38 heavy (non-hydrogen) atoms. The lowest BCUT2D eigenvalue weighted by Crippen LogP contribution is -2.80. The topological polar surface area (TPSA) is 76.2 Å². The molecule has 0 saturated carbocycles. The molecule has 4 atom stereocenters. The van der Waals surface area contributed by atoms with Crippen molar-refractivity contribution in [1.29, 1.82) is 0 Å². The number of carbonyl (C=O) groups is 3. The minimum absolute atomic E-state index is 0.118. The summed E-state index contributed by atoms with van der Waals surface area (Å²) in [6.45, 7) is 15.0. The maximum atomic E-state index is 14.5. The van der Waals surface area contributed by atoms with Crippen molar-refractivity contribution in [3.8, 4) is 0 Å². The van der Waals surface area contributed by atoms with E-state index in [1.165, 1.54) is 0 Å². The fourth-order valence-corrected chi connectivity index (χ4v) is 5.64. The Morgan fingerprint density at radius 1 is 1.00 bits per heavy atom. The Hall–Kier alpha value is -3.87. The molecule has 2 amide bonds. The van der Waals surface area contributed by atoms with Crippen molar-refractivity contribution in [3.05, 3.63) is 97.1 Å². The van der Waals surface area contributed by atoms with Crippen molar-refractivity contribution in [3.63, 3.8) is 0 Å². The Morgan fingerprint density at radius 3 is 2.11 bits per heavy atom. The van der Waals surface area contributed by atoms with Crippen molar-refractivity contribution in [2.75, 3.05) is 6.61 Å². The number of nitrogens with zero attached hydrogens (tertiary/aromatic N) is 2. The molecule has 4 rings (SSSR count). The average Bonchev–Trinajstić information content (AvgIpc) is 3.26. The lowest BCUT2D eigenvalue weighted by molar-refractivity contribution is -0.203. The first kappa shape index (κ1) is 27.2. The summed E-state index contributed by atoms with van der Waals surface area (Å²) in [5.74, 6) is -0.892. The highest BCUT2D eigenvalue weighted by Gasteiger charge is 2.72. The first-order valence-corrected chi connectivity index (χ1v) is 12.9. The maximum absolute atomic E-state index is 14.5. The number of cyclic esters (lactones) is 1. The second-order valence-corrected chi connectivity index (χ2v) is 11.0. The normalized spacial score (nSPS) is 24.7. The lowest BCUT2D eigenvalue weighted by atomic mass is 9.67. The smallest absolute Gasteiger partial charge is 0.411 e. The average molecular weight is 517 g/mol. The van der Waals surface area contributed by atoms with Gasteiger partial charge in [-0.15, -0.1) is 13.2 Å². The molecule has 0 aromatic heterocycles. The molecule has 0 N–H and O–H groups in total. The highest BCUT2D eigenvalue weighted by molar-refractivity contribution is 6.02. The van der Waals surface area contributed by atoms with Crippen LogP contribution in [-0.4, -0.2) is 51.1 Å². The number of ether oxygens (including phenoxy) is 2. The molecule has 2 aromatic carbocycles. The van der Waals surface area contributed by atoms with Crippen molar-refractivity contribution in [2.45, 2.75) is 69.3 Å². The highest BCUT2D eigenvalue weighted by atomic mass is 16.6.